The minimum absolute atomic E-state index is 0.106. The lowest BCUT2D eigenvalue weighted by Crippen LogP contribution is -2.38. The molecular weight excluding hydrogens is 208 g/mol. The molecule has 0 saturated heterocycles. The third-order valence-corrected chi connectivity index (χ3v) is 2.62. The first kappa shape index (κ1) is 11.4. The number of nitrogens with two attached hydrogens (primary N) is 1. The lowest BCUT2D eigenvalue weighted by atomic mass is 9.83. The van der Waals surface area contributed by atoms with Crippen molar-refractivity contribution in [3.05, 3.63) is 34.9 Å². The van der Waals surface area contributed by atoms with Crippen LogP contribution in [0.3, 0.4) is 0 Å². The van der Waals surface area contributed by atoms with E-state index in [1.807, 2.05) is 0 Å². The molecule has 1 aromatic carbocycles. The van der Waals surface area contributed by atoms with Crippen LogP contribution in [0, 0.1) is 0 Å². The summed E-state index contributed by atoms with van der Waals surface area (Å²) < 4.78 is 25.6. The predicted molar refractivity (Wildman–Crippen MR) is 53.9 cm³/mol. The number of hydrogen-bond donors (Lipinski definition) is 1. The van der Waals surface area contributed by atoms with E-state index in [2.05, 4.69) is 0 Å². The third kappa shape index (κ3) is 2.04. The number of halogens is 3. The zero-order valence-electron chi connectivity index (χ0n) is 7.81. The summed E-state index contributed by atoms with van der Waals surface area (Å²) in [5.74, 6) is 0. The SMILES string of the molecule is CC(CN)(c1cccc(Cl)c1)C(F)F. The highest BCUT2D eigenvalue weighted by atomic mass is 35.5. The molecule has 0 heterocycles. The van der Waals surface area contributed by atoms with E-state index in [-0.39, 0.29) is 6.54 Å². The molecule has 0 aromatic heterocycles. The maximum atomic E-state index is 12.8. The molecule has 1 unspecified atom stereocenters. The van der Waals surface area contributed by atoms with Crippen LogP contribution < -0.4 is 5.73 Å². The molecule has 0 saturated carbocycles. The fourth-order valence-electron chi connectivity index (χ4n) is 1.18. The van der Waals surface area contributed by atoms with E-state index in [1.165, 1.54) is 13.0 Å². The van der Waals surface area contributed by atoms with Crippen molar-refractivity contribution in [2.75, 3.05) is 6.54 Å². The molecule has 1 rings (SSSR count). The molecule has 1 nitrogen and oxygen atoms in total. The predicted octanol–water partition coefficient (Wildman–Crippen LogP) is 2.82. The average Bonchev–Trinajstić information content (AvgIpc) is 2.16. The minimum atomic E-state index is -2.49. The van der Waals surface area contributed by atoms with Crippen molar-refractivity contribution in [1.82, 2.24) is 0 Å². The Bertz CT molecular complexity index is 317. The average molecular weight is 220 g/mol. The highest BCUT2D eigenvalue weighted by molar-refractivity contribution is 6.30. The van der Waals surface area contributed by atoms with E-state index in [0.717, 1.165) is 0 Å². The largest absolute Gasteiger partial charge is 0.329 e. The summed E-state index contributed by atoms with van der Waals surface area (Å²) in [4.78, 5) is 0. The van der Waals surface area contributed by atoms with Crippen LogP contribution >= 0.6 is 11.6 Å². The molecule has 1 atom stereocenters. The fraction of sp³-hybridized carbons (Fsp3) is 0.400. The van der Waals surface area contributed by atoms with Crippen LogP contribution in [0.5, 0.6) is 0 Å². The van der Waals surface area contributed by atoms with E-state index in [9.17, 15) is 8.78 Å². The second-order valence-electron chi connectivity index (χ2n) is 3.43. The summed E-state index contributed by atoms with van der Waals surface area (Å²) in [7, 11) is 0. The molecule has 0 bridgehead atoms. The molecule has 2 N–H and O–H groups in total. The fourth-order valence-corrected chi connectivity index (χ4v) is 1.37. The Kier molecular flexibility index (Phi) is 3.45. The highest BCUT2D eigenvalue weighted by Crippen LogP contribution is 2.31. The van der Waals surface area contributed by atoms with Crippen molar-refractivity contribution < 1.29 is 8.78 Å². The zero-order chi connectivity index (χ0) is 10.8. The van der Waals surface area contributed by atoms with Crippen LogP contribution in [0.1, 0.15) is 12.5 Å². The Morgan fingerprint density at radius 1 is 1.50 bits per heavy atom. The first-order valence-corrected chi connectivity index (χ1v) is 4.63. The summed E-state index contributed by atoms with van der Waals surface area (Å²) in [6, 6.07) is 6.44. The van der Waals surface area contributed by atoms with Gasteiger partial charge in [0, 0.05) is 11.6 Å². The Hall–Kier alpha value is -0.670. The quantitative estimate of drug-likeness (QED) is 0.831. The van der Waals surface area contributed by atoms with Crippen molar-refractivity contribution in [2.45, 2.75) is 18.8 Å². The molecule has 1 aromatic rings. The van der Waals surface area contributed by atoms with Crippen molar-refractivity contribution in [1.29, 1.82) is 0 Å². The molecule has 0 amide bonds. The van der Waals surface area contributed by atoms with Gasteiger partial charge in [-0.15, -0.1) is 0 Å². The molecule has 0 aliphatic carbocycles. The van der Waals surface area contributed by atoms with E-state index >= 15 is 0 Å². The van der Waals surface area contributed by atoms with Crippen LogP contribution in [-0.2, 0) is 5.41 Å². The summed E-state index contributed by atoms with van der Waals surface area (Å²) in [6.07, 6.45) is -2.49. The second-order valence-corrected chi connectivity index (χ2v) is 3.87. The smallest absolute Gasteiger partial charge is 0.249 e. The third-order valence-electron chi connectivity index (χ3n) is 2.39. The van der Waals surface area contributed by atoms with Crippen LogP contribution in [0.2, 0.25) is 5.02 Å². The Morgan fingerprint density at radius 3 is 2.57 bits per heavy atom. The van der Waals surface area contributed by atoms with Gasteiger partial charge in [0.15, 0.2) is 0 Å². The Labute approximate surface area is 86.9 Å². The van der Waals surface area contributed by atoms with Gasteiger partial charge in [-0.05, 0) is 24.6 Å². The van der Waals surface area contributed by atoms with E-state index < -0.39 is 11.8 Å². The van der Waals surface area contributed by atoms with Gasteiger partial charge in [0.05, 0.1) is 5.41 Å². The van der Waals surface area contributed by atoms with Crippen molar-refractivity contribution in [2.24, 2.45) is 5.73 Å². The van der Waals surface area contributed by atoms with Gasteiger partial charge < -0.3 is 5.73 Å². The highest BCUT2D eigenvalue weighted by Gasteiger charge is 2.35. The normalized spacial score (nSPS) is 15.6. The maximum Gasteiger partial charge on any atom is 0.249 e. The monoisotopic (exact) mass is 219 g/mol. The van der Waals surface area contributed by atoms with Crippen LogP contribution in [0.25, 0.3) is 0 Å². The van der Waals surface area contributed by atoms with E-state index in [0.29, 0.717) is 10.6 Å². The summed E-state index contributed by atoms with van der Waals surface area (Å²) in [5.41, 5.74) is 4.53. The molecular formula is C10H12ClF2N. The van der Waals surface area contributed by atoms with Crippen molar-refractivity contribution in [3.63, 3.8) is 0 Å². The molecule has 0 spiro atoms. The lowest BCUT2D eigenvalue weighted by Gasteiger charge is -2.27. The molecule has 0 aliphatic heterocycles. The topological polar surface area (TPSA) is 26.0 Å². The summed E-state index contributed by atoms with van der Waals surface area (Å²) in [6.45, 7) is 1.33. The number of rotatable bonds is 3. The number of alkyl halides is 2. The zero-order valence-corrected chi connectivity index (χ0v) is 8.56. The minimum Gasteiger partial charge on any atom is -0.329 e. The van der Waals surface area contributed by atoms with Gasteiger partial charge in [0.2, 0.25) is 6.43 Å². The number of benzene rings is 1. The van der Waals surface area contributed by atoms with Gasteiger partial charge in [-0.3, -0.25) is 0 Å². The van der Waals surface area contributed by atoms with Gasteiger partial charge >= 0.3 is 0 Å². The van der Waals surface area contributed by atoms with E-state index in [4.69, 9.17) is 17.3 Å². The van der Waals surface area contributed by atoms with Gasteiger partial charge in [0.25, 0.3) is 0 Å². The first-order valence-electron chi connectivity index (χ1n) is 4.25. The lowest BCUT2D eigenvalue weighted by molar-refractivity contribution is 0.0638. The van der Waals surface area contributed by atoms with Gasteiger partial charge in [-0.25, -0.2) is 8.78 Å². The van der Waals surface area contributed by atoms with Crippen molar-refractivity contribution >= 4 is 11.6 Å². The van der Waals surface area contributed by atoms with Gasteiger partial charge in [-0.1, -0.05) is 23.7 Å². The molecule has 78 valence electrons. The first-order chi connectivity index (χ1) is 6.50. The molecule has 0 fully saturated rings. The molecule has 4 heteroatoms. The summed E-state index contributed by atoms with van der Waals surface area (Å²) >= 11 is 5.73. The maximum absolute atomic E-state index is 12.8. The molecule has 14 heavy (non-hydrogen) atoms. The van der Waals surface area contributed by atoms with Crippen LogP contribution in [0.15, 0.2) is 24.3 Å². The van der Waals surface area contributed by atoms with Gasteiger partial charge in [0.1, 0.15) is 0 Å². The van der Waals surface area contributed by atoms with E-state index in [1.54, 1.807) is 18.2 Å². The van der Waals surface area contributed by atoms with Crippen molar-refractivity contribution in [3.8, 4) is 0 Å². The standard InChI is InChI=1S/C10H12ClF2N/c1-10(6-14,9(12)13)7-3-2-4-8(11)5-7/h2-5,9H,6,14H2,1H3. The molecule has 0 radical (unpaired) electrons. The molecule has 0 aliphatic rings. The van der Waals surface area contributed by atoms with Gasteiger partial charge in [-0.2, -0.15) is 0 Å². The summed E-state index contributed by atoms with van der Waals surface area (Å²) in [5, 5.41) is 0.447. The Balaban J connectivity index is 3.12. The van der Waals surface area contributed by atoms with Crippen LogP contribution in [-0.4, -0.2) is 13.0 Å². The Morgan fingerprint density at radius 2 is 2.14 bits per heavy atom. The number of hydrogen-bond acceptors (Lipinski definition) is 1. The van der Waals surface area contributed by atoms with Crippen LogP contribution in [0.4, 0.5) is 8.78 Å². The second kappa shape index (κ2) is 4.24.